The Morgan fingerprint density at radius 3 is 2.74 bits per heavy atom. The number of aryl methyl sites for hydroxylation is 1. The number of nitrogens with zero attached hydrogens (tertiary/aromatic N) is 1. The first-order valence-electron chi connectivity index (χ1n) is 6.02. The van der Waals surface area contributed by atoms with Crippen LogP contribution in [0.2, 0.25) is 0 Å². The third kappa shape index (κ3) is 2.76. The molecule has 0 aliphatic rings. The van der Waals surface area contributed by atoms with Crippen LogP contribution in [-0.4, -0.2) is 35.0 Å². The molecule has 0 radical (unpaired) electrons. The maximum atomic E-state index is 12.3. The minimum absolute atomic E-state index is 0.222. The summed E-state index contributed by atoms with van der Waals surface area (Å²) in [6.07, 6.45) is 0. The molecule has 0 aliphatic carbocycles. The lowest BCUT2D eigenvalue weighted by Gasteiger charge is -2.18. The van der Waals surface area contributed by atoms with Crippen LogP contribution in [0.5, 0.6) is 0 Å². The molecule has 0 spiro atoms. The van der Waals surface area contributed by atoms with Gasteiger partial charge in [0.1, 0.15) is 6.54 Å². The number of fused-ring (bicyclic) bond motifs is 1. The van der Waals surface area contributed by atoms with Gasteiger partial charge >= 0.3 is 5.97 Å². The predicted molar refractivity (Wildman–Crippen MR) is 75.8 cm³/mol. The minimum Gasteiger partial charge on any atom is -0.480 e. The van der Waals surface area contributed by atoms with E-state index >= 15 is 0 Å². The third-order valence-corrected chi connectivity index (χ3v) is 3.90. The van der Waals surface area contributed by atoms with E-state index in [1.807, 2.05) is 25.1 Å². The van der Waals surface area contributed by atoms with E-state index in [9.17, 15) is 9.59 Å². The number of hydrogen-bond acceptors (Lipinski definition) is 3. The molecule has 1 heterocycles. The molecule has 0 saturated heterocycles. The Bertz CT molecular complexity index is 633. The van der Waals surface area contributed by atoms with Crippen molar-refractivity contribution in [1.29, 1.82) is 0 Å². The van der Waals surface area contributed by atoms with Crippen LogP contribution in [0.3, 0.4) is 0 Å². The first-order valence-corrected chi connectivity index (χ1v) is 6.89. The van der Waals surface area contributed by atoms with Crippen molar-refractivity contribution in [2.45, 2.75) is 13.8 Å². The molecule has 1 amide bonds. The highest BCUT2D eigenvalue weighted by Crippen LogP contribution is 2.27. The summed E-state index contributed by atoms with van der Waals surface area (Å²) in [7, 11) is 0. The molecule has 1 aromatic heterocycles. The normalized spacial score (nSPS) is 10.6. The zero-order chi connectivity index (χ0) is 14.0. The molecule has 5 heteroatoms. The zero-order valence-corrected chi connectivity index (χ0v) is 11.7. The Balaban J connectivity index is 2.38. The number of carboxylic acid groups (broad SMARTS) is 1. The molecule has 2 rings (SSSR count). The summed E-state index contributed by atoms with van der Waals surface area (Å²) in [6.45, 7) is 3.90. The Kier molecular flexibility index (Phi) is 3.85. The lowest BCUT2D eigenvalue weighted by atomic mass is 10.1. The number of likely N-dealkylation sites (N-methyl/N-ethyl adjacent to an activating group) is 1. The Morgan fingerprint density at radius 1 is 1.37 bits per heavy atom. The molecule has 1 N–H and O–H groups in total. The van der Waals surface area contributed by atoms with E-state index in [0.717, 1.165) is 15.6 Å². The molecule has 2 aromatic rings. The highest BCUT2D eigenvalue weighted by atomic mass is 32.1. The molecule has 100 valence electrons. The van der Waals surface area contributed by atoms with Gasteiger partial charge in [-0.2, -0.15) is 0 Å². The van der Waals surface area contributed by atoms with Gasteiger partial charge in [0.2, 0.25) is 0 Å². The van der Waals surface area contributed by atoms with Gasteiger partial charge in [0.25, 0.3) is 5.91 Å². The van der Waals surface area contributed by atoms with E-state index < -0.39 is 5.97 Å². The van der Waals surface area contributed by atoms with Gasteiger partial charge in [-0.25, -0.2) is 0 Å². The molecule has 0 fully saturated rings. The molecule has 0 atom stereocenters. The summed E-state index contributed by atoms with van der Waals surface area (Å²) < 4.78 is 1.05. The molecule has 0 bridgehead atoms. The smallest absolute Gasteiger partial charge is 0.323 e. The van der Waals surface area contributed by atoms with Crippen molar-refractivity contribution in [2.24, 2.45) is 0 Å². The van der Waals surface area contributed by atoms with Gasteiger partial charge in [0.05, 0.1) is 5.56 Å². The van der Waals surface area contributed by atoms with E-state index in [0.29, 0.717) is 12.1 Å². The van der Waals surface area contributed by atoms with E-state index in [4.69, 9.17) is 5.11 Å². The van der Waals surface area contributed by atoms with Crippen molar-refractivity contribution in [3.63, 3.8) is 0 Å². The van der Waals surface area contributed by atoms with Gasteiger partial charge in [-0.1, -0.05) is 12.1 Å². The van der Waals surface area contributed by atoms with Gasteiger partial charge < -0.3 is 10.0 Å². The summed E-state index contributed by atoms with van der Waals surface area (Å²) in [5, 5.41) is 11.5. The van der Waals surface area contributed by atoms with Crippen LogP contribution in [-0.2, 0) is 4.79 Å². The predicted octanol–water partition coefficient (Wildman–Crippen LogP) is 2.76. The monoisotopic (exact) mass is 277 g/mol. The molecular weight excluding hydrogens is 262 g/mol. The average molecular weight is 277 g/mol. The minimum atomic E-state index is -0.995. The van der Waals surface area contributed by atoms with E-state index in [1.54, 1.807) is 12.3 Å². The lowest BCUT2D eigenvalue weighted by molar-refractivity contribution is -0.137. The van der Waals surface area contributed by atoms with Gasteiger partial charge in [-0.3, -0.25) is 9.59 Å². The Labute approximate surface area is 115 Å². The Hall–Kier alpha value is -1.88. The van der Waals surface area contributed by atoms with Gasteiger partial charge in [0, 0.05) is 22.0 Å². The van der Waals surface area contributed by atoms with Crippen LogP contribution >= 0.6 is 11.3 Å². The molecule has 0 unspecified atom stereocenters. The lowest BCUT2D eigenvalue weighted by Crippen LogP contribution is -2.35. The fraction of sp³-hybridized carbons (Fsp3) is 0.286. The number of carboxylic acids is 1. The van der Waals surface area contributed by atoms with Crippen LogP contribution < -0.4 is 0 Å². The first-order chi connectivity index (χ1) is 9.02. The van der Waals surface area contributed by atoms with Crippen LogP contribution in [0.15, 0.2) is 23.6 Å². The largest absolute Gasteiger partial charge is 0.480 e. The number of benzene rings is 1. The summed E-state index contributed by atoms with van der Waals surface area (Å²) >= 11 is 1.51. The molecule has 1 aromatic carbocycles. The summed E-state index contributed by atoms with van der Waals surface area (Å²) in [5.74, 6) is -1.22. The van der Waals surface area contributed by atoms with E-state index in [-0.39, 0.29) is 12.5 Å². The number of rotatable bonds is 4. The fourth-order valence-electron chi connectivity index (χ4n) is 1.96. The first kappa shape index (κ1) is 13.5. The molecule has 4 nitrogen and oxygen atoms in total. The zero-order valence-electron chi connectivity index (χ0n) is 10.8. The number of hydrogen-bond donors (Lipinski definition) is 1. The SMILES string of the molecule is CCN(CC(=O)O)C(=O)c1csc2cc(C)ccc12. The van der Waals surface area contributed by atoms with Crippen LogP contribution in [0.4, 0.5) is 0 Å². The maximum absolute atomic E-state index is 12.3. The van der Waals surface area contributed by atoms with Crippen LogP contribution in [0.1, 0.15) is 22.8 Å². The van der Waals surface area contributed by atoms with Gasteiger partial charge in [-0.15, -0.1) is 11.3 Å². The fourth-order valence-corrected chi connectivity index (χ4v) is 2.99. The van der Waals surface area contributed by atoms with Crippen molar-refractivity contribution in [3.8, 4) is 0 Å². The van der Waals surface area contributed by atoms with Crippen LogP contribution in [0, 0.1) is 6.92 Å². The summed E-state index contributed by atoms with van der Waals surface area (Å²) in [5.41, 5.74) is 1.73. The highest BCUT2D eigenvalue weighted by Gasteiger charge is 2.19. The quantitative estimate of drug-likeness (QED) is 0.935. The van der Waals surface area contributed by atoms with Crippen LogP contribution in [0.25, 0.3) is 10.1 Å². The topological polar surface area (TPSA) is 57.6 Å². The number of thiophene rings is 1. The Morgan fingerprint density at radius 2 is 2.11 bits per heavy atom. The average Bonchev–Trinajstić information content (AvgIpc) is 2.77. The molecule has 0 aliphatic heterocycles. The van der Waals surface area contributed by atoms with Crippen molar-refractivity contribution in [2.75, 3.05) is 13.1 Å². The van der Waals surface area contributed by atoms with Crippen molar-refractivity contribution in [3.05, 3.63) is 34.7 Å². The number of amides is 1. The summed E-state index contributed by atoms with van der Waals surface area (Å²) in [4.78, 5) is 24.4. The van der Waals surface area contributed by atoms with Gasteiger partial charge in [-0.05, 0) is 25.5 Å². The maximum Gasteiger partial charge on any atom is 0.323 e. The molecule has 19 heavy (non-hydrogen) atoms. The van der Waals surface area contributed by atoms with Crippen molar-refractivity contribution >= 4 is 33.3 Å². The second-order valence-electron chi connectivity index (χ2n) is 4.36. The third-order valence-electron chi connectivity index (χ3n) is 2.96. The second-order valence-corrected chi connectivity index (χ2v) is 5.27. The van der Waals surface area contributed by atoms with Crippen molar-refractivity contribution < 1.29 is 14.7 Å². The number of carbonyl (C=O) groups excluding carboxylic acids is 1. The summed E-state index contributed by atoms with van der Waals surface area (Å²) in [6, 6.07) is 5.91. The van der Waals surface area contributed by atoms with E-state index in [2.05, 4.69) is 0 Å². The second kappa shape index (κ2) is 5.40. The molecular formula is C14H15NO3S. The highest BCUT2D eigenvalue weighted by molar-refractivity contribution is 7.17. The number of carbonyl (C=O) groups is 2. The van der Waals surface area contributed by atoms with E-state index in [1.165, 1.54) is 16.2 Å². The standard InChI is InChI=1S/C14H15NO3S/c1-3-15(7-13(16)17)14(18)11-8-19-12-6-9(2)4-5-10(11)12/h4-6,8H,3,7H2,1-2H3,(H,16,17). The number of aliphatic carboxylic acids is 1. The van der Waals surface area contributed by atoms with Crippen molar-refractivity contribution in [1.82, 2.24) is 4.90 Å². The van der Waals surface area contributed by atoms with Gasteiger partial charge in [0.15, 0.2) is 0 Å². The molecule has 0 saturated carbocycles.